The predicted molar refractivity (Wildman–Crippen MR) is 112 cm³/mol. The maximum absolute atomic E-state index is 13.5. The first kappa shape index (κ1) is 17.9. The third-order valence-electron chi connectivity index (χ3n) is 5.46. The number of H-pyrrole nitrogens is 1. The van der Waals surface area contributed by atoms with E-state index in [1.54, 1.807) is 11.9 Å². The molecule has 5 rings (SSSR count). The second kappa shape index (κ2) is 6.45. The van der Waals surface area contributed by atoms with Crippen molar-refractivity contribution in [3.8, 4) is 0 Å². The average molecular weight is 453 g/mol. The normalized spacial score (nSPS) is 14.8. The predicted octanol–water partition coefficient (Wildman–Crippen LogP) is 3.89. The lowest BCUT2D eigenvalue weighted by molar-refractivity contribution is 0.0982. The molecule has 29 heavy (non-hydrogen) atoms. The minimum atomic E-state index is -0.597. The molecule has 4 aromatic rings. The molecule has 146 valence electrons. The number of anilines is 1. The molecule has 7 nitrogen and oxygen atoms in total. The number of para-hydroxylation sites is 1. The smallest absolute Gasteiger partial charge is 0.323 e. The topological polar surface area (TPSA) is 84.1 Å². The maximum atomic E-state index is 13.5. The van der Waals surface area contributed by atoms with Crippen molar-refractivity contribution in [2.75, 3.05) is 11.9 Å². The highest BCUT2D eigenvalue weighted by atomic mass is 79.9. The number of halogens is 1. The fourth-order valence-corrected chi connectivity index (χ4v) is 4.24. The highest BCUT2D eigenvalue weighted by Gasteiger charge is 2.52. The summed E-state index contributed by atoms with van der Waals surface area (Å²) in [5, 5.41) is 4.87. The Bertz CT molecular complexity index is 1280. The zero-order valence-corrected chi connectivity index (χ0v) is 17.1. The van der Waals surface area contributed by atoms with Gasteiger partial charge in [-0.3, -0.25) is 14.3 Å². The summed E-state index contributed by atoms with van der Waals surface area (Å²) in [6.07, 6.45) is 1.51. The fraction of sp³-hybridized carbons (Fsp3) is 0.190. The standard InChI is InChI=1S/C21H17BrN4O3/c1-25(15-5-3-2-4-6-15)18(27)17-12-13-11-14(22)7-8-16(13)26(17)21(9-10-21)19-23-20(28)29-24-19/h2-8,11-12H,9-10H2,1H3,(H,23,24,28). The first-order valence-corrected chi connectivity index (χ1v) is 10.00. The lowest BCUT2D eigenvalue weighted by atomic mass is 10.2. The van der Waals surface area contributed by atoms with Gasteiger partial charge in [0.1, 0.15) is 11.2 Å². The van der Waals surface area contributed by atoms with Gasteiger partial charge in [0.25, 0.3) is 5.91 Å². The summed E-state index contributed by atoms with van der Waals surface area (Å²) in [7, 11) is 1.76. The molecule has 0 saturated heterocycles. The molecule has 1 aliphatic rings. The summed E-state index contributed by atoms with van der Waals surface area (Å²) in [6.45, 7) is 0. The van der Waals surface area contributed by atoms with Crippen LogP contribution in [-0.2, 0) is 5.54 Å². The van der Waals surface area contributed by atoms with Gasteiger partial charge in [0.05, 0.1) is 0 Å². The van der Waals surface area contributed by atoms with E-state index in [0.717, 1.165) is 33.9 Å². The van der Waals surface area contributed by atoms with Crippen LogP contribution < -0.4 is 10.7 Å². The number of amides is 1. The molecule has 0 radical (unpaired) electrons. The molecule has 1 fully saturated rings. The lowest BCUT2D eigenvalue weighted by Crippen LogP contribution is -2.32. The molecule has 1 N–H and O–H groups in total. The first-order chi connectivity index (χ1) is 14.0. The Kier molecular flexibility index (Phi) is 3.99. The minimum absolute atomic E-state index is 0.138. The molecular weight excluding hydrogens is 436 g/mol. The van der Waals surface area contributed by atoms with Gasteiger partial charge in [-0.2, -0.15) is 0 Å². The number of carbonyl (C=O) groups excluding carboxylic acids is 1. The zero-order valence-electron chi connectivity index (χ0n) is 15.6. The van der Waals surface area contributed by atoms with E-state index in [4.69, 9.17) is 4.52 Å². The number of aromatic amines is 1. The van der Waals surface area contributed by atoms with Crippen LogP contribution in [0.2, 0.25) is 0 Å². The van der Waals surface area contributed by atoms with Crippen LogP contribution in [0, 0.1) is 0 Å². The molecular formula is C21H17BrN4O3. The Labute approximate surface area is 174 Å². The monoisotopic (exact) mass is 452 g/mol. The summed E-state index contributed by atoms with van der Waals surface area (Å²) in [6, 6.07) is 17.3. The summed E-state index contributed by atoms with van der Waals surface area (Å²) in [5.41, 5.74) is 1.64. The van der Waals surface area contributed by atoms with E-state index >= 15 is 0 Å². The van der Waals surface area contributed by atoms with Crippen LogP contribution >= 0.6 is 15.9 Å². The van der Waals surface area contributed by atoms with Gasteiger partial charge >= 0.3 is 5.76 Å². The molecule has 1 saturated carbocycles. The van der Waals surface area contributed by atoms with Crippen molar-refractivity contribution in [3.63, 3.8) is 0 Å². The lowest BCUT2D eigenvalue weighted by Gasteiger charge is -2.22. The van der Waals surface area contributed by atoms with Gasteiger partial charge in [-0.15, -0.1) is 0 Å². The molecule has 1 aliphatic carbocycles. The number of carbonyl (C=O) groups is 1. The molecule has 0 spiro atoms. The number of nitrogens with zero attached hydrogens (tertiary/aromatic N) is 3. The molecule has 0 bridgehead atoms. The van der Waals surface area contributed by atoms with E-state index < -0.39 is 11.3 Å². The Balaban J connectivity index is 1.71. The van der Waals surface area contributed by atoms with Crippen LogP contribution in [0.5, 0.6) is 0 Å². The number of benzene rings is 2. The number of aromatic nitrogens is 3. The number of hydrogen-bond donors (Lipinski definition) is 1. The molecule has 8 heteroatoms. The highest BCUT2D eigenvalue weighted by molar-refractivity contribution is 9.10. The van der Waals surface area contributed by atoms with E-state index in [9.17, 15) is 9.59 Å². The summed E-state index contributed by atoms with van der Waals surface area (Å²) >= 11 is 3.50. The third kappa shape index (κ3) is 2.82. The van der Waals surface area contributed by atoms with Gasteiger partial charge in [-0.1, -0.05) is 39.3 Å². The average Bonchev–Trinajstić information content (AvgIpc) is 3.26. The number of fused-ring (bicyclic) bond motifs is 1. The van der Waals surface area contributed by atoms with Crippen LogP contribution in [0.4, 0.5) is 5.69 Å². The van der Waals surface area contributed by atoms with Crippen LogP contribution in [0.25, 0.3) is 10.9 Å². The number of nitrogens with one attached hydrogen (secondary N) is 1. The first-order valence-electron chi connectivity index (χ1n) is 9.21. The van der Waals surface area contributed by atoms with E-state index in [0.29, 0.717) is 11.5 Å². The third-order valence-corrected chi connectivity index (χ3v) is 5.96. The van der Waals surface area contributed by atoms with Crippen molar-refractivity contribution >= 4 is 38.4 Å². The minimum Gasteiger partial charge on any atom is -0.323 e. The van der Waals surface area contributed by atoms with Gasteiger partial charge in [-0.25, -0.2) is 4.79 Å². The SMILES string of the molecule is CN(C(=O)c1cc2cc(Br)ccc2n1C1(c2noc(=O)[nH]2)CC1)c1ccccc1. The quantitative estimate of drug-likeness (QED) is 0.508. The van der Waals surface area contributed by atoms with Crippen molar-refractivity contribution in [1.82, 2.24) is 14.7 Å². The van der Waals surface area contributed by atoms with E-state index in [1.165, 1.54) is 0 Å². The molecule has 2 aromatic carbocycles. The Morgan fingerprint density at radius 2 is 1.97 bits per heavy atom. The molecule has 2 aromatic heterocycles. The molecule has 0 unspecified atom stereocenters. The fourth-order valence-electron chi connectivity index (χ4n) is 3.86. The van der Waals surface area contributed by atoms with Gasteiger partial charge < -0.3 is 9.47 Å². The maximum Gasteiger partial charge on any atom is 0.438 e. The van der Waals surface area contributed by atoms with Crippen molar-refractivity contribution < 1.29 is 9.32 Å². The van der Waals surface area contributed by atoms with E-state index in [2.05, 4.69) is 26.1 Å². The van der Waals surface area contributed by atoms with Crippen LogP contribution in [0.15, 0.2) is 68.4 Å². The second-order valence-corrected chi connectivity index (χ2v) is 8.16. The van der Waals surface area contributed by atoms with Gasteiger partial charge in [0.15, 0.2) is 5.82 Å². The number of hydrogen-bond acceptors (Lipinski definition) is 4. The summed E-state index contributed by atoms with van der Waals surface area (Å²) in [5.74, 6) is -0.292. The van der Waals surface area contributed by atoms with E-state index in [-0.39, 0.29) is 5.91 Å². The van der Waals surface area contributed by atoms with Gasteiger partial charge in [0.2, 0.25) is 0 Å². The van der Waals surface area contributed by atoms with Gasteiger partial charge in [-0.05, 0) is 49.2 Å². The second-order valence-electron chi connectivity index (χ2n) is 7.24. The molecule has 1 amide bonds. The van der Waals surface area contributed by atoms with Crippen LogP contribution in [0.1, 0.15) is 29.2 Å². The largest absolute Gasteiger partial charge is 0.438 e. The Hall–Kier alpha value is -3.13. The molecule has 0 atom stereocenters. The van der Waals surface area contributed by atoms with E-state index in [1.807, 2.05) is 59.2 Å². The number of rotatable bonds is 4. The van der Waals surface area contributed by atoms with Crippen LogP contribution in [-0.4, -0.2) is 27.7 Å². The summed E-state index contributed by atoms with van der Waals surface area (Å²) in [4.78, 5) is 29.4. The van der Waals surface area contributed by atoms with Crippen molar-refractivity contribution in [2.24, 2.45) is 0 Å². The molecule has 2 heterocycles. The van der Waals surface area contributed by atoms with Crippen molar-refractivity contribution in [3.05, 3.63) is 81.1 Å². The Morgan fingerprint density at radius 3 is 2.62 bits per heavy atom. The zero-order chi connectivity index (χ0) is 20.2. The van der Waals surface area contributed by atoms with Crippen molar-refractivity contribution in [2.45, 2.75) is 18.4 Å². The Morgan fingerprint density at radius 1 is 1.21 bits per heavy atom. The molecule has 0 aliphatic heterocycles. The highest BCUT2D eigenvalue weighted by Crippen LogP contribution is 2.50. The van der Waals surface area contributed by atoms with Crippen LogP contribution in [0.3, 0.4) is 0 Å². The van der Waals surface area contributed by atoms with Crippen molar-refractivity contribution in [1.29, 1.82) is 0 Å². The van der Waals surface area contributed by atoms with Gasteiger partial charge in [0, 0.05) is 28.1 Å². The summed E-state index contributed by atoms with van der Waals surface area (Å²) < 4.78 is 7.68.